The van der Waals surface area contributed by atoms with Gasteiger partial charge in [-0.2, -0.15) is 5.26 Å². The molecular weight excluding hydrogens is 296 g/mol. The molecule has 24 heavy (non-hydrogen) atoms. The van der Waals surface area contributed by atoms with Crippen molar-refractivity contribution in [2.45, 2.75) is 62.5 Å². The number of likely N-dealkylation sites (tertiary alicyclic amines) is 1. The molecule has 126 valence electrons. The zero-order chi connectivity index (χ0) is 16.5. The van der Waals surface area contributed by atoms with E-state index in [0.717, 1.165) is 38.3 Å². The summed E-state index contributed by atoms with van der Waals surface area (Å²) in [5.74, 6) is 0.832. The molecule has 4 aliphatic rings. The third-order valence-electron chi connectivity index (χ3n) is 7.37. The SMILES string of the molecule is Cc1ccc2c(c1)[C@]13CCN(CC4CC4)[C@H](C2)[C@]1(O)CC(C#N)C3. The summed E-state index contributed by atoms with van der Waals surface area (Å²) in [6.45, 7) is 4.36. The van der Waals surface area contributed by atoms with E-state index < -0.39 is 5.60 Å². The van der Waals surface area contributed by atoms with E-state index in [1.807, 2.05) is 0 Å². The van der Waals surface area contributed by atoms with Gasteiger partial charge in [-0.25, -0.2) is 0 Å². The molecule has 0 amide bonds. The van der Waals surface area contributed by atoms with Crippen molar-refractivity contribution in [3.8, 4) is 6.07 Å². The number of aliphatic hydroxyl groups is 1. The summed E-state index contributed by atoms with van der Waals surface area (Å²) in [5, 5.41) is 21.5. The summed E-state index contributed by atoms with van der Waals surface area (Å²) in [6.07, 6.45) is 6.14. The van der Waals surface area contributed by atoms with Gasteiger partial charge in [0.15, 0.2) is 0 Å². The second-order valence-corrected chi connectivity index (χ2v) is 8.81. The molecule has 4 atom stereocenters. The highest BCUT2D eigenvalue weighted by Crippen LogP contribution is 2.61. The van der Waals surface area contributed by atoms with E-state index in [1.165, 1.54) is 29.5 Å². The van der Waals surface area contributed by atoms with Crippen LogP contribution in [-0.2, 0) is 11.8 Å². The fraction of sp³-hybridized carbons (Fsp3) is 0.667. The first-order valence-corrected chi connectivity index (χ1v) is 9.52. The van der Waals surface area contributed by atoms with E-state index in [-0.39, 0.29) is 17.4 Å². The van der Waals surface area contributed by atoms with Crippen molar-refractivity contribution in [1.29, 1.82) is 5.26 Å². The first-order valence-electron chi connectivity index (χ1n) is 9.52. The van der Waals surface area contributed by atoms with Gasteiger partial charge in [-0.05, 0) is 69.0 Å². The molecule has 1 aliphatic heterocycles. The molecule has 1 aromatic rings. The number of aryl methyl sites for hydroxylation is 1. The predicted molar refractivity (Wildman–Crippen MR) is 92.5 cm³/mol. The van der Waals surface area contributed by atoms with Crippen LogP contribution in [0.2, 0.25) is 0 Å². The van der Waals surface area contributed by atoms with E-state index in [2.05, 4.69) is 36.1 Å². The minimum Gasteiger partial charge on any atom is -0.387 e. The molecule has 3 nitrogen and oxygen atoms in total. The number of benzene rings is 1. The van der Waals surface area contributed by atoms with E-state index in [0.29, 0.717) is 6.42 Å². The lowest BCUT2D eigenvalue weighted by Crippen LogP contribution is -2.69. The van der Waals surface area contributed by atoms with Crippen LogP contribution in [0.4, 0.5) is 0 Å². The molecule has 1 heterocycles. The Hall–Kier alpha value is -1.37. The fourth-order valence-electron chi connectivity index (χ4n) is 6.05. The predicted octanol–water partition coefficient (Wildman–Crippen LogP) is 2.94. The lowest BCUT2D eigenvalue weighted by molar-refractivity contribution is -0.131. The zero-order valence-electron chi connectivity index (χ0n) is 14.5. The first kappa shape index (κ1) is 14.9. The molecule has 1 aromatic carbocycles. The summed E-state index contributed by atoms with van der Waals surface area (Å²) < 4.78 is 0. The lowest BCUT2D eigenvalue weighted by Gasteiger charge is -2.59. The molecule has 3 heteroatoms. The van der Waals surface area contributed by atoms with Gasteiger partial charge in [0.05, 0.1) is 17.6 Å². The van der Waals surface area contributed by atoms with Crippen LogP contribution in [-0.4, -0.2) is 34.7 Å². The summed E-state index contributed by atoms with van der Waals surface area (Å²) in [5.41, 5.74) is 3.11. The summed E-state index contributed by atoms with van der Waals surface area (Å²) in [7, 11) is 0. The van der Waals surface area contributed by atoms with Gasteiger partial charge < -0.3 is 5.11 Å². The number of piperidine rings is 1. The highest BCUT2D eigenvalue weighted by Gasteiger charge is 2.67. The van der Waals surface area contributed by atoms with Gasteiger partial charge in [-0.3, -0.25) is 4.90 Å². The number of hydrogen-bond donors (Lipinski definition) is 1. The molecule has 3 aliphatic carbocycles. The third-order valence-corrected chi connectivity index (χ3v) is 7.37. The molecule has 2 bridgehead atoms. The fourth-order valence-corrected chi connectivity index (χ4v) is 6.05. The molecule has 0 aromatic heterocycles. The molecule has 2 saturated carbocycles. The maximum Gasteiger partial charge on any atom is 0.0914 e. The molecule has 0 radical (unpaired) electrons. The Balaban J connectivity index is 1.65. The number of rotatable bonds is 2. The molecule has 1 N–H and O–H groups in total. The van der Waals surface area contributed by atoms with Crippen molar-refractivity contribution in [3.63, 3.8) is 0 Å². The molecule has 1 unspecified atom stereocenters. The van der Waals surface area contributed by atoms with Gasteiger partial charge in [0.25, 0.3) is 0 Å². The van der Waals surface area contributed by atoms with Crippen LogP contribution in [0, 0.1) is 30.1 Å². The van der Waals surface area contributed by atoms with Crippen LogP contribution in [0.25, 0.3) is 0 Å². The summed E-state index contributed by atoms with van der Waals surface area (Å²) >= 11 is 0. The average Bonchev–Trinajstić information content (AvgIpc) is 3.31. The Morgan fingerprint density at radius 3 is 2.92 bits per heavy atom. The monoisotopic (exact) mass is 322 g/mol. The maximum atomic E-state index is 11.9. The number of hydrogen-bond acceptors (Lipinski definition) is 3. The Bertz CT molecular complexity index is 734. The Labute approximate surface area is 144 Å². The van der Waals surface area contributed by atoms with E-state index in [9.17, 15) is 10.4 Å². The summed E-state index contributed by atoms with van der Waals surface area (Å²) in [4.78, 5) is 2.57. The van der Waals surface area contributed by atoms with Crippen LogP contribution in [0.15, 0.2) is 18.2 Å². The molecule has 3 fully saturated rings. The molecule has 0 spiro atoms. The largest absolute Gasteiger partial charge is 0.387 e. The Morgan fingerprint density at radius 1 is 1.33 bits per heavy atom. The van der Waals surface area contributed by atoms with Gasteiger partial charge in [0, 0.05) is 18.0 Å². The molecular formula is C21H26N2O. The Kier molecular flexibility index (Phi) is 3.01. The lowest BCUT2D eigenvalue weighted by atomic mass is 9.56. The van der Waals surface area contributed by atoms with Crippen molar-refractivity contribution >= 4 is 0 Å². The minimum atomic E-state index is -0.721. The average molecular weight is 322 g/mol. The van der Waals surface area contributed by atoms with Crippen molar-refractivity contribution in [2.24, 2.45) is 11.8 Å². The second kappa shape index (κ2) is 4.84. The van der Waals surface area contributed by atoms with Crippen molar-refractivity contribution in [2.75, 3.05) is 13.1 Å². The number of nitriles is 1. The van der Waals surface area contributed by atoms with Gasteiger partial charge >= 0.3 is 0 Å². The highest BCUT2D eigenvalue weighted by molar-refractivity contribution is 5.48. The standard InChI is InChI=1S/C21H26N2O/c1-14-2-5-17-9-19-21(24)11-16(12-22)10-20(21,18(17)8-14)6-7-23(19)13-15-3-4-15/h2,5,8,15-16,19,24H,3-4,6-7,9-11,13H2,1H3/t16?,19-,20-,21-/m1/s1. The van der Waals surface area contributed by atoms with Crippen molar-refractivity contribution < 1.29 is 5.11 Å². The van der Waals surface area contributed by atoms with Gasteiger partial charge in [-0.1, -0.05) is 23.8 Å². The van der Waals surface area contributed by atoms with Crippen LogP contribution in [0.3, 0.4) is 0 Å². The van der Waals surface area contributed by atoms with E-state index >= 15 is 0 Å². The normalized spacial score (nSPS) is 40.7. The van der Waals surface area contributed by atoms with Crippen LogP contribution in [0.1, 0.15) is 48.8 Å². The number of fused-ring (bicyclic) bond motifs is 1. The highest BCUT2D eigenvalue weighted by atomic mass is 16.3. The van der Waals surface area contributed by atoms with Gasteiger partial charge in [0.1, 0.15) is 0 Å². The van der Waals surface area contributed by atoms with E-state index in [4.69, 9.17) is 0 Å². The van der Waals surface area contributed by atoms with Crippen LogP contribution >= 0.6 is 0 Å². The topological polar surface area (TPSA) is 47.3 Å². The van der Waals surface area contributed by atoms with Gasteiger partial charge in [0.2, 0.25) is 0 Å². The zero-order valence-corrected chi connectivity index (χ0v) is 14.5. The van der Waals surface area contributed by atoms with Gasteiger partial charge in [-0.15, -0.1) is 0 Å². The molecule has 5 rings (SSSR count). The molecule has 1 saturated heterocycles. The van der Waals surface area contributed by atoms with E-state index in [1.54, 1.807) is 0 Å². The minimum absolute atomic E-state index is 0.00941. The van der Waals surface area contributed by atoms with Crippen molar-refractivity contribution in [3.05, 3.63) is 34.9 Å². The number of nitrogens with zero attached hydrogens (tertiary/aromatic N) is 2. The van der Waals surface area contributed by atoms with Crippen molar-refractivity contribution in [1.82, 2.24) is 4.90 Å². The van der Waals surface area contributed by atoms with Crippen LogP contribution in [0.5, 0.6) is 0 Å². The first-order chi connectivity index (χ1) is 11.6. The summed E-state index contributed by atoms with van der Waals surface area (Å²) in [6, 6.07) is 9.46. The Morgan fingerprint density at radius 2 is 2.17 bits per heavy atom. The maximum absolute atomic E-state index is 11.9. The second-order valence-electron chi connectivity index (χ2n) is 8.81. The van der Waals surface area contributed by atoms with Crippen LogP contribution < -0.4 is 0 Å². The third kappa shape index (κ3) is 1.85. The quantitative estimate of drug-likeness (QED) is 0.911. The smallest absolute Gasteiger partial charge is 0.0914 e.